The molecule has 2 aromatic carbocycles. The van der Waals surface area contributed by atoms with Crippen LogP contribution in [0.15, 0.2) is 51.8 Å². The summed E-state index contributed by atoms with van der Waals surface area (Å²) in [5, 5.41) is 2.96. The molecule has 0 fully saturated rings. The molecule has 1 amide bonds. The number of methoxy groups -OCH3 is 1. The van der Waals surface area contributed by atoms with Crippen LogP contribution in [0.5, 0.6) is 5.75 Å². The number of hydrogen-bond donors (Lipinski definition) is 2. The molecule has 9 nitrogen and oxygen atoms in total. The number of anilines is 2. The van der Waals surface area contributed by atoms with Crippen molar-refractivity contribution in [1.82, 2.24) is 4.90 Å². The van der Waals surface area contributed by atoms with Gasteiger partial charge in [-0.1, -0.05) is 29.8 Å². The number of amides is 1. The normalized spacial score (nSPS) is 13.1. The monoisotopic (exact) mass is 541 g/mol. The molecule has 0 aliphatic heterocycles. The molecule has 0 unspecified atom stereocenters. The summed E-state index contributed by atoms with van der Waals surface area (Å²) in [5.41, 5.74) is -0.920. The van der Waals surface area contributed by atoms with Crippen LogP contribution < -0.4 is 14.8 Å². The fraction of sp³-hybridized carbons (Fsp3) is 0.364. The minimum absolute atomic E-state index is 0.0662. The first-order chi connectivity index (χ1) is 15.4. The molecule has 0 saturated heterocycles. The largest absolute Gasteiger partial charge is 0.495 e. The number of ether oxygens (including phenoxy) is 2. The Kier molecular flexibility index (Phi) is 8.73. The molecule has 0 aromatic heterocycles. The van der Waals surface area contributed by atoms with Gasteiger partial charge in [-0.15, -0.1) is 0 Å². The van der Waals surface area contributed by atoms with Gasteiger partial charge >= 0.3 is 6.09 Å². The molecule has 33 heavy (non-hydrogen) atoms. The van der Waals surface area contributed by atoms with Crippen LogP contribution in [0.2, 0.25) is 0 Å². The Balaban J connectivity index is 2.31. The molecule has 2 rings (SSSR count). The Labute approximate surface area is 202 Å². The summed E-state index contributed by atoms with van der Waals surface area (Å²) >= 11 is 3.28. The summed E-state index contributed by atoms with van der Waals surface area (Å²) < 4.78 is 39.4. The number of benzene rings is 2. The van der Waals surface area contributed by atoms with Crippen molar-refractivity contribution in [2.75, 3.05) is 30.8 Å². The van der Waals surface area contributed by atoms with Crippen LogP contribution in [0.1, 0.15) is 20.8 Å². The maximum Gasteiger partial charge on any atom is 0.411 e. The number of hydrogen-bond acceptors (Lipinski definition) is 7. The van der Waals surface area contributed by atoms with E-state index in [1.54, 1.807) is 24.3 Å². The van der Waals surface area contributed by atoms with E-state index in [0.29, 0.717) is 12.0 Å². The van der Waals surface area contributed by atoms with Gasteiger partial charge in [0.05, 0.1) is 24.3 Å². The number of likely N-dealkylation sites (N-methyl/N-ethyl adjacent to an activating group) is 1. The third-order valence-corrected chi connectivity index (χ3v) is 6.62. The topological polar surface area (TPSA) is 114 Å². The number of nitrogens with zero attached hydrogens (tertiary/aromatic N) is 1. The van der Waals surface area contributed by atoms with Crippen molar-refractivity contribution in [3.05, 3.63) is 46.9 Å². The van der Waals surface area contributed by atoms with Crippen LogP contribution in [0.4, 0.5) is 16.2 Å². The van der Waals surface area contributed by atoms with Crippen molar-refractivity contribution in [3.63, 3.8) is 0 Å². The first-order valence-electron chi connectivity index (χ1n) is 10.0. The first-order valence-corrected chi connectivity index (χ1v) is 12.3. The van der Waals surface area contributed by atoms with Gasteiger partial charge in [-0.25, -0.2) is 13.2 Å². The number of carbonyl (C=O) groups excluding carboxylic acids is 2. The lowest BCUT2D eigenvalue weighted by atomic mass is 10.1. The highest BCUT2D eigenvalue weighted by Gasteiger charge is 2.34. The quantitative estimate of drug-likeness (QED) is 0.340. The SMILES string of the molecule is COc1ccc(N[C@](C)(C=O)N(C)C(=O)OCC(C)C)cc1NS(=O)(=O)c1ccc(Br)cc1. The van der Waals surface area contributed by atoms with Gasteiger partial charge in [0.2, 0.25) is 0 Å². The zero-order valence-corrected chi connectivity index (χ0v) is 21.5. The molecule has 0 aliphatic carbocycles. The van der Waals surface area contributed by atoms with Crippen LogP contribution in [-0.4, -0.2) is 52.1 Å². The molecule has 0 spiro atoms. The van der Waals surface area contributed by atoms with Gasteiger partial charge in [-0.05, 0) is 55.3 Å². The van der Waals surface area contributed by atoms with Crippen LogP contribution in [0.25, 0.3) is 0 Å². The maximum atomic E-state index is 12.8. The number of carbonyl (C=O) groups is 2. The van der Waals surface area contributed by atoms with Crippen molar-refractivity contribution >= 4 is 49.7 Å². The molecular weight excluding hydrogens is 514 g/mol. The second kappa shape index (κ2) is 10.9. The lowest BCUT2D eigenvalue weighted by molar-refractivity contribution is -0.115. The Bertz CT molecular complexity index is 1090. The molecule has 0 saturated carbocycles. The van der Waals surface area contributed by atoms with Gasteiger partial charge in [0.25, 0.3) is 10.0 Å². The highest BCUT2D eigenvalue weighted by Crippen LogP contribution is 2.31. The van der Waals surface area contributed by atoms with E-state index < -0.39 is 21.8 Å². The minimum Gasteiger partial charge on any atom is -0.495 e. The van der Waals surface area contributed by atoms with Crippen molar-refractivity contribution in [2.45, 2.75) is 31.3 Å². The van der Waals surface area contributed by atoms with Crippen molar-refractivity contribution < 1.29 is 27.5 Å². The predicted molar refractivity (Wildman–Crippen MR) is 130 cm³/mol. The molecule has 1 atom stereocenters. The van der Waals surface area contributed by atoms with Crippen molar-refractivity contribution in [3.8, 4) is 5.75 Å². The smallest absolute Gasteiger partial charge is 0.411 e. The van der Waals surface area contributed by atoms with Crippen LogP contribution >= 0.6 is 15.9 Å². The van der Waals surface area contributed by atoms with Crippen LogP contribution in [0.3, 0.4) is 0 Å². The fourth-order valence-corrected chi connectivity index (χ4v) is 4.02. The van der Waals surface area contributed by atoms with E-state index in [2.05, 4.69) is 26.0 Å². The van der Waals surface area contributed by atoms with E-state index in [1.807, 2.05) is 13.8 Å². The molecule has 180 valence electrons. The molecule has 2 N–H and O–H groups in total. The average Bonchev–Trinajstić information content (AvgIpc) is 2.77. The maximum absolute atomic E-state index is 12.8. The summed E-state index contributed by atoms with van der Waals surface area (Å²) in [6.07, 6.45) is -0.102. The molecule has 0 bridgehead atoms. The van der Waals surface area contributed by atoms with E-state index in [9.17, 15) is 18.0 Å². The predicted octanol–water partition coefficient (Wildman–Crippen LogP) is 4.31. The van der Waals surface area contributed by atoms with Gasteiger partial charge in [-0.3, -0.25) is 14.4 Å². The summed E-state index contributed by atoms with van der Waals surface area (Å²) in [4.78, 5) is 25.5. The van der Waals surface area contributed by atoms with Crippen molar-refractivity contribution in [2.24, 2.45) is 5.92 Å². The molecular formula is C22H28BrN3O6S. The van der Waals surface area contributed by atoms with Crippen LogP contribution in [-0.2, 0) is 19.6 Å². The van der Waals surface area contributed by atoms with Gasteiger partial charge in [0.15, 0.2) is 11.9 Å². The third-order valence-electron chi connectivity index (χ3n) is 4.71. The number of aldehydes is 1. The summed E-state index contributed by atoms with van der Waals surface area (Å²) in [6, 6.07) is 10.8. The van der Waals surface area contributed by atoms with Gasteiger partial charge in [0, 0.05) is 17.2 Å². The Morgan fingerprint density at radius 3 is 2.39 bits per heavy atom. The fourth-order valence-electron chi connectivity index (χ4n) is 2.69. The summed E-state index contributed by atoms with van der Waals surface area (Å²) in [5.74, 6) is 0.416. The summed E-state index contributed by atoms with van der Waals surface area (Å²) in [7, 11) is -1.06. The van der Waals surface area contributed by atoms with E-state index in [4.69, 9.17) is 9.47 Å². The highest BCUT2D eigenvalue weighted by molar-refractivity contribution is 9.10. The average molecular weight is 542 g/mol. The Morgan fingerprint density at radius 2 is 1.85 bits per heavy atom. The summed E-state index contributed by atoms with van der Waals surface area (Å²) in [6.45, 7) is 5.52. The number of nitrogens with one attached hydrogen (secondary N) is 2. The zero-order chi connectivity index (χ0) is 24.8. The Morgan fingerprint density at radius 1 is 1.21 bits per heavy atom. The zero-order valence-electron chi connectivity index (χ0n) is 19.1. The second-order valence-corrected chi connectivity index (χ2v) is 10.5. The minimum atomic E-state index is -3.91. The lowest BCUT2D eigenvalue weighted by Gasteiger charge is -2.35. The van der Waals surface area contributed by atoms with Crippen molar-refractivity contribution in [1.29, 1.82) is 0 Å². The van der Waals surface area contributed by atoms with Gasteiger partial charge in [0.1, 0.15) is 5.75 Å². The van der Waals surface area contributed by atoms with E-state index in [0.717, 1.165) is 9.37 Å². The standard InChI is InChI=1S/C22H28BrN3O6S/c1-15(2)13-32-21(28)26(4)22(3,14-27)24-17-8-11-20(31-5)19(12-17)25-33(29,30)18-9-6-16(23)7-10-18/h6-12,14-15,24-25H,13H2,1-5H3/t22-/m0/s1. The first kappa shape index (κ1) is 26.5. The molecule has 0 radical (unpaired) electrons. The number of sulfonamides is 1. The van der Waals surface area contributed by atoms with E-state index in [1.165, 1.54) is 39.3 Å². The van der Waals surface area contributed by atoms with Gasteiger partial charge in [-0.2, -0.15) is 0 Å². The molecule has 0 heterocycles. The molecule has 2 aromatic rings. The number of halogens is 1. The second-order valence-electron chi connectivity index (χ2n) is 7.89. The third kappa shape index (κ3) is 6.84. The van der Waals surface area contributed by atoms with Crippen LogP contribution in [0, 0.1) is 5.92 Å². The lowest BCUT2D eigenvalue weighted by Crippen LogP contribution is -2.54. The van der Waals surface area contributed by atoms with Gasteiger partial charge < -0.3 is 14.8 Å². The molecule has 11 heteroatoms. The molecule has 0 aliphatic rings. The highest BCUT2D eigenvalue weighted by atomic mass is 79.9. The Hall–Kier alpha value is -2.79. The van der Waals surface area contributed by atoms with E-state index >= 15 is 0 Å². The number of rotatable bonds is 10. The van der Waals surface area contributed by atoms with E-state index in [-0.39, 0.29) is 28.9 Å².